The van der Waals surface area contributed by atoms with Gasteiger partial charge in [-0.15, -0.1) is 0 Å². The molecule has 6 heteroatoms. The zero-order chi connectivity index (χ0) is 15.9. The van der Waals surface area contributed by atoms with Gasteiger partial charge in [-0.2, -0.15) is 0 Å². The number of nitrogens with zero attached hydrogens (tertiary/aromatic N) is 1. The Morgan fingerprint density at radius 2 is 1.86 bits per heavy atom. The molecule has 0 bridgehead atoms. The van der Waals surface area contributed by atoms with Gasteiger partial charge in [0.1, 0.15) is 5.75 Å². The molecule has 3 nitrogen and oxygen atoms in total. The number of hydrogen-bond donors (Lipinski definition) is 0. The molecule has 1 heterocycles. The first-order valence-electron chi connectivity index (χ1n) is 6.67. The fraction of sp³-hybridized carbons (Fsp3) is 0.188. The van der Waals surface area contributed by atoms with Crippen molar-refractivity contribution in [3.8, 4) is 5.75 Å². The second-order valence-electron chi connectivity index (χ2n) is 5.04. The summed E-state index contributed by atoms with van der Waals surface area (Å²) in [5.41, 5.74) is 1.53. The van der Waals surface area contributed by atoms with E-state index in [1.54, 1.807) is 42.2 Å². The van der Waals surface area contributed by atoms with Gasteiger partial charge in [0.2, 0.25) is 0 Å². The Kier molecular flexibility index (Phi) is 4.22. The molecule has 2 aromatic carbocycles. The van der Waals surface area contributed by atoms with Crippen molar-refractivity contribution in [3.63, 3.8) is 0 Å². The molecular formula is C16H12Cl3NO2. The van der Waals surface area contributed by atoms with Gasteiger partial charge in [-0.3, -0.25) is 4.79 Å². The van der Waals surface area contributed by atoms with Gasteiger partial charge in [-0.05, 0) is 42.8 Å². The average molecular weight is 357 g/mol. The van der Waals surface area contributed by atoms with Gasteiger partial charge in [0.15, 0.2) is 6.10 Å². The van der Waals surface area contributed by atoms with Crippen LogP contribution < -0.4 is 9.64 Å². The zero-order valence-electron chi connectivity index (χ0n) is 11.6. The Morgan fingerprint density at radius 3 is 2.59 bits per heavy atom. The highest BCUT2D eigenvalue weighted by atomic mass is 35.5. The van der Waals surface area contributed by atoms with Crippen LogP contribution in [0.2, 0.25) is 15.1 Å². The lowest BCUT2D eigenvalue weighted by molar-refractivity contribution is -0.125. The second kappa shape index (κ2) is 5.99. The van der Waals surface area contributed by atoms with Crippen LogP contribution in [0.25, 0.3) is 0 Å². The summed E-state index contributed by atoms with van der Waals surface area (Å²) in [5.74, 6) is 0.511. The van der Waals surface area contributed by atoms with E-state index >= 15 is 0 Å². The molecule has 0 saturated carbocycles. The van der Waals surface area contributed by atoms with Crippen molar-refractivity contribution in [2.24, 2.45) is 0 Å². The van der Waals surface area contributed by atoms with Gasteiger partial charge in [-0.1, -0.05) is 40.9 Å². The Balaban J connectivity index is 1.99. The third-order valence-electron chi connectivity index (χ3n) is 3.45. The third-order valence-corrected chi connectivity index (χ3v) is 4.43. The van der Waals surface area contributed by atoms with Crippen molar-refractivity contribution in [2.75, 3.05) is 4.90 Å². The van der Waals surface area contributed by atoms with Crippen LogP contribution >= 0.6 is 34.8 Å². The van der Waals surface area contributed by atoms with Crippen molar-refractivity contribution >= 4 is 46.4 Å². The van der Waals surface area contributed by atoms with E-state index in [0.717, 1.165) is 5.56 Å². The van der Waals surface area contributed by atoms with E-state index in [-0.39, 0.29) is 5.91 Å². The van der Waals surface area contributed by atoms with E-state index in [1.807, 2.05) is 6.07 Å². The van der Waals surface area contributed by atoms with Crippen LogP contribution in [0.4, 0.5) is 5.69 Å². The molecule has 2 aromatic rings. The normalized spacial score (nSPS) is 17.2. The average Bonchev–Trinajstić information content (AvgIpc) is 2.48. The van der Waals surface area contributed by atoms with Crippen LogP contribution in [0, 0.1) is 0 Å². The Labute approximate surface area is 143 Å². The number of ether oxygens (including phenoxy) is 1. The highest BCUT2D eigenvalue weighted by Crippen LogP contribution is 2.37. The van der Waals surface area contributed by atoms with E-state index in [2.05, 4.69) is 0 Å². The van der Waals surface area contributed by atoms with Crippen LogP contribution in [0.1, 0.15) is 12.5 Å². The number of rotatable bonds is 2. The number of carbonyl (C=O) groups excluding carboxylic acids is 1. The molecule has 0 spiro atoms. The molecule has 0 N–H and O–H groups in total. The molecule has 0 radical (unpaired) electrons. The maximum atomic E-state index is 12.5. The third kappa shape index (κ3) is 2.89. The number of hydrogen-bond acceptors (Lipinski definition) is 2. The van der Waals surface area contributed by atoms with Crippen molar-refractivity contribution in [1.29, 1.82) is 0 Å². The Bertz CT molecular complexity index is 748. The molecule has 1 unspecified atom stereocenters. The molecule has 0 aliphatic carbocycles. The lowest BCUT2D eigenvalue weighted by atomic mass is 10.1. The summed E-state index contributed by atoms with van der Waals surface area (Å²) in [6.45, 7) is 2.10. The van der Waals surface area contributed by atoms with Crippen molar-refractivity contribution in [2.45, 2.75) is 19.6 Å². The van der Waals surface area contributed by atoms with Crippen molar-refractivity contribution in [1.82, 2.24) is 0 Å². The number of amides is 1. The summed E-state index contributed by atoms with van der Waals surface area (Å²) in [6.07, 6.45) is -0.545. The summed E-state index contributed by atoms with van der Waals surface area (Å²) in [4.78, 5) is 14.1. The number of halogens is 3. The van der Waals surface area contributed by atoms with Gasteiger partial charge in [0.25, 0.3) is 5.91 Å². The maximum Gasteiger partial charge on any atom is 0.268 e. The molecule has 3 rings (SSSR count). The molecule has 1 aliphatic rings. The van der Waals surface area contributed by atoms with Gasteiger partial charge >= 0.3 is 0 Å². The molecule has 0 aromatic heterocycles. The SMILES string of the molecule is CC1Oc2ccc(Cl)cc2N(Cc2ccc(Cl)c(Cl)c2)C1=O. The number of benzene rings is 2. The van der Waals surface area contributed by atoms with Crippen LogP contribution in [0.5, 0.6) is 5.75 Å². The topological polar surface area (TPSA) is 29.5 Å². The number of fused-ring (bicyclic) bond motifs is 1. The van der Waals surface area contributed by atoms with Gasteiger partial charge in [0, 0.05) is 5.02 Å². The molecule has 1 atom stereocenters. The predicted octanol–water partition coefficient (Wildman–Crippen LogP) is 4.96. The van der Waals surface area contributed by atoms with Gasteiger partial charge in [-0.25, -0.2) is 0 Å². The largest absolute Gasteiger partial charge is 0.479 e. The zero-order valence-corrected chi connectivity index (χ0v) is 13.9. The minimum Gasteiger partial charge on any atom is -0.479 e. The molecule has 22 heavy (non-hydrogen) atoms. The first-order chi connectivity index (χ1) is 10.5. The van der Waals surface area contributed by atoms with E-state index in [4.69, 9.17) is 39.5 Å². The first kappa shape index (κ1) is 15.5. The summed E-state index contributed by atoms with van der Waals surface area (Å²) in [5, 5.41) is 1.48. The Hall–Kier alpha value is -1.42. The van der Waals surface area contributed by atoms with Crippen LogP contribution in [0.15, 0.2) is 36.4 Å². The van der Waals surface area contributed by atoms with Crippen molar-refractivity contribution in [3.05, 3.63) is 57.0 Å². The van der Waals surface area contributed by atoms with Gasteiger partial charge in [0.05, 0.1) is 22.3 Å². The summed E-state index contributed by atoms with van der Waals surface area (Å²) >= 11 is 18.0. The Morgan fingerprint density at radius 1 is 1.09 bits per heavy atom. The lowest BCUT2D eigenvalue weighted by Gasteiger charge is -2.33. The second-order valence-corrected chi connectivity index (χ2v) is 6.30. The standard InChI is InChI=1S/C16H12Cl3NO2/c1-9-16(21)20(8-10-2-4-12(18)13(19)6-10)14-7-11(17)3-5-15(14)22-9/h2-7,9H,8H2,1H3. The highest BCUT2D eigenvalue weighted by molar-refractivity contribution is 6.42. The van der Waals surface area contributed by atoms with Gasteiger partial charge < -0.3 is 9.64 Å². The van der Waals surface area contributed by atoms with Crippen LogP contribution in [-0.2, 0) is 11.3 Å². The number of anilines is 1. The van der Waals surface area contributed by atoms with E-state index < -0.39 is 6.10 Å². The molecule has 0 saturated heterocycles. The molecule has 1 amide bonds. The monoisotopic (exact) mass is 355 g/mol. The summed E-state index contributed by atoms with van der Waals surface area (Å²) < 4.78 is 5.61. The van der Waals surface area contributed by atoms with E-state index in [0.29, 0.717) is 33.0 Å². The fourth-order valence-corrected chi connectivity index (χ4v) is 2.85. The smallest absolute Gasteiger partial charge is 0.268 e. The maximum absolute atomic E-state index is 12.5. The molecule has 114 valence electrons. The summed E-state index contributed by atoms with van der Waals surface area (Å²) in [7, 11) is 0. The fourth-order valence-electron chi connectivity index (χ4n) is 2.36. The quantitative estimate of drug-likeness (QED) is 0.761. The first-order valence-corrected chi connectivity index (χ1v) is 7.80. The summed E-state index contributed by atoms with van der Waals surface area (Å²) in [6, 6.07) is 10.5. The van der Waals surface area contributed by atoms with E-state index in [9.17, 15) is 4.79 Å². The highest BCUT2D eigenvalue weighted by Gasteiger charge is 2.31. The minimum absolute atomic E-state index is 0.124. The van der Waals surface area contributed by atoms with Crippen LogP contribution in [0.3, 0.4) is 0 Å². The molecular weight excluding hydrogens is 345 g/mol. The molecule has 1 aliphatic heterocycles. The van der Waals surface area contributed by atoms with Crippen LogP contribution in [-0.4, -0.2) is 12.0 Å². The molecule has 0 fully saturated rings. The number of carbonyl (C=O) groups is 1. The van der Waals surface area contributed by atoms with Crippen molar-refractivity contribution < 1.29 is 9.53 Å². The van der Waals surface area contributed by atoms with E-state index in [1.165, 1.54) is 0 Å². The lowest BCUT2D eigenvalue weighted by Crippen LogP contribution is -2.44. The predicted molar refractivity (Wildman–Crippen MR) is 89.2 cm³/mol. The minimum atomic E-state index is -0.545.